The number of benzene rings is 1. The fourth-order valence-corrected chi connectivity index (χ4v) is 2.64. The van der Waals surface area contributed by atoms with Crippen LogP contribution < -0.4 is 5.73 Å². The molecular weight excluding hydrogens is 240 g/mol. The molecule has 0 aliphatic carbocycles. The van der Waals surface area contributed by atoms with E-state index in [9.17, 15) is 0 Å². The summed E-state index contributed by atoms with van der Waals surface area (Å²) in [5.41, 5.74) is 7.91. The molecular formula is C12H13ClN2S. The van der Waals surface area contributed by atoms with Gasteiger partial charge in [-0.2, -0.15) is 0 Å². The lowest BCUT2D eigenvalue weighted by Gasteiger charge is -1.99. The summed E-state index contributed by atoms with van der Waals surface area (Å²) < 4.78 is 0. The molecule has 0 saturated carbocycles. The predicted octanol–water partition coefficient (Wildman–Crippen LogP) is 3.15. The molecule has 1 aromatic heterocycles. The zero-order chi connectivity index (χ0) is 11.5. The van der Waals surface area contributed by atoms with E-state index in [1.807, 2.05) is 31.2 Å². The average molecular weight is 253 g/mol. The third kappa shape index (κ3) is 2.61. The molecule has 2 aromatic rings. The third-order valence-electron chi connectivity index (χ3n) is 2.39. The molecule has 0 bridgehead atoms. The molecule has 0 atom stereocenters. The van der Waals surface area contributed by atoms with Gasteiger partial charge in [-0.15, -0.1) is 11.3 Å². The van der Waals surface area contributed by atoms with Crippen LogP contribution in [0.2, 0.25) is 5.02 Å². The van der Waals surface area contributed by atoms with Gasteiger partial charge in [0.05, 0.1) is 5.69 Å². The van der Waals surface area contributed by atoms with Gasteiger partial charge in [0, 0.05) is 22.9 Å². The number of nitrogens with two attached hydrogens (primary N) is 1. The smallest absolute Gasteiger partial charge is 0.107 e. The first-order valence-corrected chi connectivity index (χ1v) is 6.28. The van der Waals surface area contributed by atoms with Crippen molar-refractivity contribution in [3.05, 3.63) is 50.4 Å². The highest BCUT2D eigenvalue weighted by molar-refractivity contribution is 7.11. The van der Waals surface area contributed by atoms with E-state index < -0.39 is 0 Å². The highest BCUT2D eigenvalue weighted by atomic mass is 35.5. The molecule has 0 unspecified atom stereocenters. The van der Waals surface area contributed by atoms with Crippen LogP contribution >= 0.6 is 22.9 Å². The summed E-state index contributed by atoms with van der Waals surface area (Å²) in [5.74, 6) is 0. The number of hydrogen-bond donors (Lipinski definition) is 1. The van der Waals surface area contributed by atoms with Crippen molar-refractivity contribution < 1.29 is 0 Å². The minimum absolute atomic E-state index is 0.520. The van der Waals surface area contributed by atoms with Crippen LogP contribution in [-0.4, -0.2) is 4.98 Å². The molecule has 0 radical (unpaired) electrons. The van der Waals surface area contributed by atoms with Gasteiger partial charge in [-0.05, 0) is 24.6 Å². The van der Waals surface area contributed by atoms with Crippen molar-refractivity contribution in [1.29, 1.82) is 0 Å². The monoisotopic (exact) mass is 252 g/mol. The summed E-state index contributed by atoms with van der Waals surface area (Å²) in [6, 6.07) is 7.92. The molecule has 0 saturated heterocycles. The number of halogens is 1. The van der Waals surface area contributed by atoms with Crippen LogP contribution in [0.4, 0.5) is 0 Å². The highest BCUT2D eigenvalue weighted by Gasteiger charge is 2.07. The van der Waals surface area contributed by atoms with Crippen molar-refractivity contribution in [3.63, 3.8) is 0 Å². The van der Waals surface area contributed by atoms with E-state index in [0.29, 0.717) is 6.54 Å². The van der Waals surface area contributed by atoms with Gasteiger partial charge in [0.25, 0.3) is 0 Å². The Morgan fingerprint density at radius 3 is 2.56 bits per heavy atom. The van der Waals surface area contributed by atoms with Crippen LogP contribution in [0.1, 0.15) is 21.1 Å². The molecule has 2 nitrogen and oxygen atoms in total. The number of aryl methyl sites for hydroxylation is 1. The molecule has 1 aromatic carbocycles. The maximum absolute atomic E-state index is 5.85. The summed E-state index contributed by atoms with van der Waals surface area (Å²) in [4.78, 5) is 5.69. The first kappa shape index (κ1) is 11.6. The number of thiazole rings is 1. The second-order valence-electron chi connectivity index (χ2n) is 3.62. The summed E-state index contributed by atoms with van der Waals surface area (Å²) in [7, 11) is 0. The van der Waals surface area contributed by atoms with Gasteiger partial charge in [0.2, 0.25) is 0 Å². The van der Waals surface area contributed by atoms with E-state index in [-0.39, 0.29) is 0 Å². The molecule has 0 amide bonds. The molecule has 0 fully saturated rings. The fraction of sp³-hybridized carbons (Fsp3) is 0.250. The van der Waals surface area contributed by atoms with E-state index in [2.05, 4.69) is 4.98 Å². The zero-order valence-electron chi connectivity index (χ0n) is 9.03. The van der Waals surface area contributed by atoms with Gasteiger partial charge in [0.15, 0.2) is 0 Å². The van der Waals surface area contributed by atoms with Crippen LogP contribution in [0.15, 0.2) is 24.3 Å². The largest absolute Gasteiger partial charge is 0.325 e. The molecule has 16 heavy (non-hydrogen) atoms. The van der Waals surface area contributed by atoms with Gasteiger partial charge < -0.3 is 5.73 Å². The maximum atomic E-state index is 5.85. The van der Waals surface area contributed by atoms with E-state index in [1.165, 1.54) is 10.4 Å². The van der Waals surface area contributed by atoms with Crippen molar-refractivity contribution in [3.8, 4) is 0 Å². The van der Waals surface area contributed by atoms with E-state index >= 15 is 0 Å². The molecule has 0 aliphatic rings. The second-order valence-corrected chi connectivity index (χ2v) is 5.23. The Labute approximate surface area is 104 Å². The zero-order valence-corrected chi connectivity index (χ0v) is 10.6. The lowest BCUT2D eigenvalue weighted by Crippen LogP contribution is -1.94. The van der Waals surface area contributed by atoms with Crippen LogP contribution in [0.5, 0.6) is 0 Å². The Bertz CT molecular complexity index is 476. The normalized spacial score (nSPS) is 10.7. The van der Waals surface area contributed by atoms with E-state index in [0.717, 1.165) is 22.1 Å². The van der Waals surface area contributed by atoms with E-state index in [4.69, 9.17) is 17.3 Å². The lowest BCUT2D eigenvalue weighted by molar-refractivity contribution is 1.01. The molecule has 0 spiro atoms. The van der Waals surface area contributed by atoms with Crippen molar-refractivity contribution in [2.24, 2.45) is 5.73 Å². The summed E-state index contributed by atoms with van der Waals surface area (Å²) >= 11 is 7.54. The van der Waals surface area contributed by atoms with Crippen molar-refractivity contribution in [2.45, 2.75) is 19.9 Å². The molecule has 2 N–H and O–H groups in total. The number of rotatable bonds is 3. The van der Waals surface area contributed by atoms with Gasteiger partial charge in [-0.3, -0.25) is 0 Å². The van der Waals surface area contributed by atoms with Gasteiger partial charge in [-0.1, -0.05) is 23.7 Å². The van der Waals surface area contributed by atoms with Crippen molar-refractivity contribution >= 4 is 22.9 Å². The van der Waals surface area contributed by atoms with Crippen molar-refractivity contribution in [1.82, 2.24) is 4.98 Å². The lowest BCUT2D eigenvalue weighted by atomic mass is 10.1. The first-order chi connectivity index (χ1) is 7.69. The minimum atomic E-state index is 0.520. The van der Waals surface area contributed by atoms with Crippen molar-refractivity contribution in [2.75, 3.05) is 0 Å². The third-order valence-corrected chi connectivity index (χ3v) is 3.82. The predicted molar refractivity (Wildman–Crippen MR) is 69.0 cm³/mol. The number of hydrogen-bond acceptors (Lipinski definition) is 3. The molecule has 4 heteroatoms. The quantitative estimate of drug-likeness (QED) is 0.912. The van der Waals surface area contributed by atoms with Crippen LogP contribution in [-0.2, 0) is 13.0 Å². The maximum Gasteiger partial charge on any atom is 0.107 e. The Morgan fingerprint density at radius 1 is 1.31 bits per heavy atom. The Hall–Kier alpha value is -0.900. The topological polar surface area (TPSA) is 38.9 Å². The van der Waals surface area contributed by atoms with Crippen LogP contribution in [0, 0.1) is 6.92 Å². The first-order valence-electron chi connectivity index (χ1n) is 5.08. The summed E-state index contributed by atoms with van der Waals surface area (Å²) in [6.07, 6.45) is 0.903. The average Bonchev–Trinajstić information content (AvgIpc) is 2.63. The molecule has 0 aliphatic heterocycles. The highest BCUT2D eigenvalue weighted by Crippen LogP contribution is 2.22. The standard InChI is InChI=1S/C12H13ClN2S/c1-8-11(16-12(7-14)15-8)6-9-2-4-10(13)5-3-9/h2-5H,6-7,14H2,1H3. The Balaban J connectivity index is 2.19. The number of nitrogens with zero attached hydrogens (tertiary/aromatic N) is 1. The molecule has 1 heterocycles. The second kappa shape index (κ2) is 4.95. The van der Waals surface area contributed by atoms with Gasteiger partial charge in [0.1, 0.15) is 5.01 Å². The Kier molecular flexibility index (Phi) is 3.59. The van der Waals surface area contributed by atoms with E-state index in [1.54, 1.807) is 11.3 Å². The fourth-order valence-electron chi connectivity index (χ4n) is 1.53. The number of aromatic nitrogens is 1. The minimum Gasteiger partial charge on any atom is -0.325 e. The van der Waals surface area contributed by atoms with Gasteiger partial charge >= 0.3 is 0 Å². The van der Waals surface area contributed by atoms with Gasteiger partial charge in [-0.25, -0.2) is 4.98 Å². The Morgan fingerprint density at radius 2 is 2.00 bits per heavy atom. The van der Waals surface area contributed by atoms with Crippen LogP contribution in [0.3, 0.4) is 0 Å². The molecule has 2 rings (SSSR count). The summed E-state index contributed by atoms with van der Waals surface area (Å²) in [6.45, 7) is 2.55. The SMILES string of the molecule is Cc1nc(CN)sc1Cc1ccc(Cl)cc1. The molecule has 84 valence electrons. The van der Waals surface area contributed by atoms with Crippen LogP contribution in [0.25, 0.3) is 0 Å². The summed E-state index contributed by atoms with van der Waals surface area (Å²) in [5, 5.41) is 1.77.